The molecule has 9 heteroatoms. The molecule has 2 amide bonds. The summed E-state index contributed by atoms with van der Waals surface area (Å²) in [6.45, 7) is 4.38. The zero-order valence-electron chi connectivity index (χ0n) is 15.0. The number of thiophene rings is 1. The quantitative estimate of drug-likeness (QED) is 0.756. The number of nitrogens with one attached hydrogen (secondary N) is 1. The zero-order valence-corrected chi connectivity index (χ0v) is 16.6. The first-order valence-electron chi connectivity index (χ1n) is 8.82. The zero-order chi connectivity index (χ0) is 19.3. The Balaban J connectivity index is 1.40. The van der Waals surface area contributed by atoms with E-state index in [4.69, 9.17) is 5.14 Å². The van der Waals surface area contributed by atoms with Crippen LogP contribution in [0.3, 0.4) is 0 Å². The Labute approximate surface area is 163 Å². The van der Waals surface area contributed by atoms with Gasteiger partial charge in [-0.25, -0.2) is 18.4 Å². The summed E-state index contributed by atoms with van der Waals surface area (Å²) in [6.07, 6.45) is 1.01. The molecule has 2 aromatic rings. The molecular formula is C18H24N4O3S2. The Bertz CT molecular complexity index is 860. The molecule has 1 aromatic heterocycles. The van der Waals surface area contributed by atoms with Crippen molar-refractivity contribution in [2.45, 2.75) is 17.2 Å². The van der Waals surface area contributed by atoms with Gasteiger partial charge >= 0.3 is 6.03 Å². The van der Waals surface area contributed by atoms with E-state index in [-0.39, 0.29) is 10.2 Å². The Morgan fingerprint density at radius 2 is 1.78 bits per heavy atom. The average Bonchev–Trinajstić information content (AvgIpc) is 3.15. The molecule has 0 aliphatic carbocycles. The second-order valence-electron chi connectivity index (χ2n) is 6.49. The third-order valence-corrected chi connectivity index (χ3v) is 7.07. The highest BCUT2D eigenvalue weighted by Crippen LogP contribution is 2.20. The number of carbonyl (C=O) groups is 1. The fourth-order valence-corrected chi connectivity index (χ4v) is 4.71. The van der Waals surface area contributed by atoms with E-state index in [1.807, 2.05) is 6.07 Å². The number of hydrogen-bond acceptors (Lipinski definition) is 5. The summed E-state index contributed by atoms with van der Waals surface area (Å²) < 4.78 is 22.7. The molecule has 1 fully saturated rings. The first-order valence-corrected chi connectivity index (χ1v) is 11.2. The van der Waals surface area contributed by atoms with Crippen LogP contribution in [0.25, 0.3) is 0 Å². The first kappa shape index (κ1) is 19.8. The molecule has 146 valence electrons. The van der Waals surface area contributed by atoms with Crippen LogP contribution in [0.1, 0.15) is 10.4 Å². The molecule has 1 saturated heterocycles. The molecule has 27 heavy (non-hydrogen) atoms. The van der Waals surface area contributed by atoms with Gasteiger partial charge in [0.15, 0.2) is 0 Å². The SMILES string of the molecule is NS(=O)(=O)c1ccc(CNC(=O)N2CCN(CCc3ccccc3)CC2)s1. The van der Waals surface area contributed by atoms with E-state index in [1.165, 1.54) is 11.6 Å². The number of piperazine rings is 1. The molecule has 3 N–H and O–H groups in total. The largest absolute Gasteiger partial charge is 0.333 e. The summed E-state index contributed by atoms with van der Waals surface area (Å²) in [5.74, 6) is 0. The number of rotatable bonds is 6. The number of hydrogen-bond donors (Lipinski definition) is 2. The first-order chi connectivity index (χ1) is 12.9. The predicted octanol–water partition coefficient (Wildman–Crippen LogP) is 1.47. The lowest BCUT2D eigenvalue weighted by Crippen LogP contribution is -2.51. The van der Waals surface area contributed by atoms with Crippen LogP contribution in [0.15, 0.2) is 46.7 Å². The van der Waals surface area contributed by atoms with Crippen molar-refractivity contribution in [3.63, 3.8) is 0 Å². The highest BCUT2D eigenvalue weighted by molar-refractivity contribution is 7.91. The van der Waals surface area contributed by atoms with Gasteiger partial charge in [-0.05, 0) is 24.1 Å². The van der Waals surface area contributed by atoms with E-state index in [0.717, 1.165) is 42.3 Å². The van der Waals surface area contributed by atoms with Crippen molar-refractivity contribution in [3.8, 4) is 0 Å². The Kier molecular flexibility index (Phi) is 6.48. The molecule has 3 rings (SSSR count). The van der Waals surface area contributed by atoms with Crippen molar-refractivity contribution in [2.24, 2.45) is 5.14 Å². The second kappa shape index (κ2) is 8.83. The van der Waals surface area contributed by atoms with E-state index < -0.39 is 10.0 Å². The Hall–Kier alpha value is -1.94. The van der Waals surface area contributed by atoms with Crippen LogP contribution in [0, 0.1) is 0 Å². The number of carbonyl (C=O) groups excluding carboxylic acids is 1. The average molecular weight is 409 g/mol. The van der Waals surface area contributed by atoms with Gasteiger partial charge in [-0.2, -0.15) is 0 Å². The van der Waals surface area contributed by atoms with Gasteiger partial charge in [-0.15, -0.1) is 11.3 Å². The van der Waals surface area contributed by atoms with Crippen molar-refractivity contribution < 1.29 is 13.2 Å². The fourth-order valence-electron chi connectivity index (χ4n) is 2.99. The highest BCUT2D eigenvalue weighted by Gasteiger charge is 2.21. The minimum Gasteiger partial charge on any atom is -0.333 e. The lowest BCUT2D eigenvalue weighted by molar-refractivity contribution is 0.140. The standard InChI is InChI=1S/C18H24N4O3S2/c19-27(24,25)17-7-6-16(26-17)14-20-18(23)22-12-10-21(11-13-22)9-8-15-4-2-1-3-5-15/h1-7H,8-14H2,(H,20,23)(H2,19,24,25). The predicted molar refractivity (Wildman–Crippen MR) is 106 cm³/mol. The maximum absolute atomic E-state index is 12.3. The van der Waals surface area contributed by atoms with Crippen molar-refractivity contribution in [2.75, 3.05) is 32.7 Å². The van der Waals surface area contributed by atoms with E-state index in [1.54, 1.807) is 11.0 Å². The Morgan fingerprint density at radius 1 is 1.07 bits per heavy atom. The van der Waals surface area contributed by atoms with Crippen LogP contribution >= 0.6 is 11.3 Å². The molecule has 0 unspecified atom stereocenters. The lowest BCUT2D eigenvalue weighted by atomic mass is 10.1. The molecule has 1 aliphatic heterocycles. The molecule has 7 nitrogen and oxygen atoms in total. The third kappa shape index (κ3) is 5.77. The molecule has 0 radical (unpaired) electrons. The molecule has 2 heterocycles. The van der Waals surface area contributed by atoms with Gasteiger partial charge in [0.05, 0.1) is 6.54 Å². The van der Waals surface area contributed by atoms with Gasteiger partial charge in [0.1, 0.15) is 4.21 Å². The summed E-state index contributed by atoms with van der Waals surface area (Å²) in [5, 5.41) is 7.95. The van der Waals surface area contributed by atoms with Crippen LogP contribution < -0.4 is 10.5 Å². The minimum atomic E-state index is -3.68. The molecule has 1 aromatic carbocycles. The van der Waals surface area contributed by atoms with Crippen molar-refractivity contribution in [1.29, 1.82) is 0 Å². The molecule has 0 spiro atoms. The lowest BCUT2D eigenvalue weighted by Gasteiger charge is -2.34. The van der Waals surface area contributed by atoms with Crippen LogP contribution in [-0.2, 0) is 23.0 Å². The number of nitrogens with zero attached hydrogens (tertiary/aromatic N) is 2. The summed E-state index contributed by atoms with van der Waals surface area (Å²) >= 11 is 1.08. The van der Waals surface area contributed by atoms with Gasteiger partial charge < -0.3 is 10.2 Å². The van der Waals surface area contributed by atoms with E-state index in [0.29, 0.717) is 19.6 Å². The monoisotopic (exact) mass is 408 g/mol. The number of amides is 2. The third-order valence-electron chi connectivity index (χ3n) is 4.55. The van der Waals surface area contributed by atoms with Gasteiger partial charge in [-0.3, -0.25) is 4.90 Å². The smallest absolute Gasteiger partial charge is 0.317 e. The van der Waals surface area contributed by atoms with Crippen LogP contribution in [-0.4, -0.2) is 57.0 Å². The van der Waals surface area contributed by atoms with E-state index in [2.05, 4.69) is 34.5 Å². The van der Waals surface area contributed by atoms with Crippen LogP contribution in [0.5, 0.6) is 0 Å². The number of nitrogens with two attached hydrogens (primary N) is 1. The molecule has 1 aliphatic rings. The topological polar surface area (TPSA) is 95.7 Å². The van der Waals surface area contributed by atoms with E-state index >= 15 is 0 Å². The summed E-state index contributed by atoms with van der Waals surface area (Å²) in [7, 11) is -3.68. The summed E-state index contributed by atoms with van der Waals surface area (Å²) in [4.78, 5) is 17.2. The van der Waals surface area contributed by atoms with Crippen LogP contribution in [0.4, 0.5) is 4.79 Å². The second-order valence-corrected chi connectivity index (χ2v) is 9.45. The number of sulfonamides is 1. The van der Waals surface area contributed by atoms with Crippen molar-refractivity contribution >= 4 is 27.4 Å². The normalized spacial score (nSPS) is 15.7. The minimum absolute atomic E-state index is 0.110. The molecule has 0 bridgehead atoms. The number of primary sulfonamides is 1. The Morgan fingerprint density at radius 3 is 2.41 bits per heavy atom. The summed E-state index contributed by atoms with van der Waals surface area (Å²) in [5.41, 5.74) is 1.33. The van der Waals surface area contributed by atoms with Gasteiger partial charge in [0, 0.05) is 37.6 Å². The number of urea groups is 1. The fraction of sp³-hybridized carbons (Fsp3) is 0.389. The molecule has 0 atom stereocenters. The van der Waals surface area contributed by atoms with Crippen LogP contribution in [0.2, 0.25) is 0 Å². The van der Waals surface area contributed by atoms with Gasteiger partial charge in [-0.1, -0.05) is 30.3 Å². The summed E-state index contributed by atoms with van der Waals surface area (Å²) in [6, 6.07) is 13.4. The maximum Gasteiger partial charge on any atom is 0.317 e. The van der Waals surface area contributed by atoms with Gasteiger partial charge in [0.2, 0.25) is 10.0 Å². The van der Waals surface area contributed by atoms with E-state index in [9.17, 15) is 13.2 Å². The maximum atomic E-state index is 12.3. The molecular weight excluding hydrogens is 384 g/mol. The van der Waals surface area contributed by atoms with Crippen molar-refractivity contribution in [3.05, 3.63) is 52.9 Å². The molecule has 0 saturated carbocycles. The van der Waals surface area contributed by atoms with Gasteiger partial charge in [0.25, 0.3) is 0 Å². The highest BCUT2D eigenvalue weighted by atomic mass is 32.2. The number of benzene rings is 1. The van der Waals surface area contributed by atoms with Crippen molar-refractivity contribution in [1.82, 2.24) is 15.1 Å².